The van der Waals surface area contributed by atoms with E-state index in [1.165, 1.54) is 16.5 Å². The number of rotatable bonds is 5. The SMILES string of the molecule is CCCC(N)CCc1ccccc1Br. The number of nitrogens with two attached hydrogens (primary N) is 1. The van der Waals surface area contributed by atoms with Gasteiger partial charge in [0.05, 0.1) is 0 Å². The van der Waals surface area contributed by atoms with Crippen LogP contribution in [0.25, 0.3) is 0 Å². The zero-order valence-corrected chi connectivity index (χ0v) is 10.3. The van der Waals surface area contributed by atoms with Gasteiger partial charge in [0, 0.05) is 10.5 Å². The first-order chi connectivity index (χ1) is 6.74. The van der Waals surface area contributed by atoms with Crippen molar-refractivity contribution in [3.63, 3.8) is 0 Å². The van der Waals surface area contributed by atoms with Crippen molar-refractivity contribution >= 4 is 15.9 Å². The van der Waals surface area contributed by atoms with Crippen molar-refractivity contribution in [1.29, 1.82) is 0 Å². The second kappa shape index (κ2) is 6.20. The van der Waals surface area contributed by atoms with Crippen LogP contribution >= 0.6 is 15.9 Å². The Labute approximate surface area is 94.8 Å². The summed E-state index contributed by atoms with van der Waals surface area (Å²) < 4.78 is 1.20. The van der Waals surface area contributed by atoms with Crippen LogP contribution in [0.3, 0.4) is 0 Å². The van der Waals surface area contributed by atoms with E-state index in [0.717, 1.165) is 19.3 Å². The second-order valence-electron chi connectivity index (χ2n) is 3.68. The first-order valence-electron chi connectivity index (χ1n) is 5.23. The second-order valence-corrected chi connectivity index (χ2v) is 4.53. The van der Waals surface area contributed by atoms with Gasteiger partial charge in [-0.25, -0.2) is 0 Å². The van der Waals surface area contributed by atoms with Crippen LogP contribution in [0.1, 0.15) is 31.7 Å². The fourth-order valence-electron chi connectivity index (χ4n) is 1.56. The van der Waals surface area contributed by atoms with Gasteiger partial charge in [-0.05, 0) is 30.9 Å². The molecule has 0 bridgehead atoms. The minimum absolute atomic E-state index is 0.354. The summed E-state index contributed by atoms with van der Waals surface area (Å²) in [4.78, 5) is 0. The Morgan fingerprint density at radius 1 is 1.29 bits per heavy atom. The Hall–Kier alpha value is -0.340. The van der Waals surface area contributed by atoms with Crippen LogP contribution in [0.4, 0.5) is 0 Å². The third-order valence-corrected chi connectivity index (χ3v) is 3.18. The summed E-state index contributed by atoms with van der Waals surface area (Å²) in [6, 6.07) is 8.71. The Kier molecular flexibility index (Phi) is 5.20. The predicted molar refractivity (Wildman–Crippen MR) is 65.3 cm³/mol. The molecular weight excluding hydrogens is 238 g/mol. The van der Waals surface area contributed by atoms with Gasteiger partial charge in [-0.2, -0.15) is 0 Å². The molecule has 0 heterocycles. The molecule has 0 spiro atoms. The lowest BCUT2D eigenvalue weighted by molar-refractivity contribution is 0.560. The molecule has 1 aromatic rings. The van der Waals surface area contributed by atoms with Crippen molar-refractivity contribution in [2.75, 3.05) is 0 Å². The van der Waals surface area contributed by atoms with Crippen LogP contribution < -0.4 is 5.73 Å². The molecule has 0 aliphatic carbocycles. The molecule has 1 atom stereocenters. The van der Waals surface area contributed by atoms with Crippen LogP contribution in [-0.4, -0.2) is 6.04 Å². The molecule has 1 aromatic carbocycles. The molecule has 0 aliphatic heterocycles. The van der Waals surface area contributed by atoms with Crippen LogP contribution in [0, 0.1) is 0 Å². The van der Waals surface area contributed by atoms with Crippen molar-refractivity contribution in [2.24, 2.45) is 5.73 Å². The average molecular weight is 256 g/mol. The molecule has 14 heavy (non-hydrogen) atoms. The largest absolute Gasteiger partial charge is 0.328 e. The molecule has 1 unspecified atom stereocenters. The van der Waals surface area contributed by atoms with Gasteiger partial charge in [0.2, 0.25) is 0 Å². The minimum atomic E-state index is 0.354. The van der Waals surface area contributed by atoms with Crippen LogP contribution in [0.5, 0.6) is 0 Å². The summed E-state index contributed by atoms with van der Waals surface area (Å²) in [5.41, 5.74) is 7.33. The topological polar surface area (TPSA) is 26.0 Å². The lowest BCUT2D eigenvalue weighted by Gasteiger charge is -2.10. The number of hydrogen-bond donors (Lipinski definition) is 1. The van der Waals surface area contributed by atoms with E-state index in [1.807, 2.05) is 6.07 Å². The molecule has 78 valence electrons. The summed E-state index contributed by atoms with van der Waals surface area (Å²) in [5, 5.41) is 0. The number of halogens is 1. The molecule has 0 saturated carbocycles. The van der Waals surface area contributed by atoms with Gasteiger partial charge < -0.3 is 5.73 Å². The maximum Gasteiger partial charge on any atom is 0.0207 e. The summed E-state index contributed by atoms with van der Waals surface area (Å²) in [6.45, 7) is 2.18. The van der Waals surface area contributed by atoms with Gasteiger partial charge in [0.25, 0.3) is 0 Å². The third-order valence-electron chi connectivity index (χ3n) is 2.40. The summed E-state index contributed by atoms with van der Waals surface area (Å²) in [5.74, 6) is 0. The van der Waals surface area contributed by atoms with E-state index in [-0.39, 0.29) is 0 Å². The van der Waals surface area contributed by atoms with Crippen molar-refractivity contribution in [2.45, 2.75) is 38.6 Å². The van der Waals surface area contributed by atoms with Crippen molar-refractivity contribution in [1.82, 2.24) is 0 Å². The standard InChI is InChI=1S/C12H18BrN/c1-2-5-11(14)9-8-10-6-3-4-7-12(10)13/h3-4,6-7,11H,2,5,8-9,14H2,1H3. The Balaban J connectivity index is 2.41. The molecule has 0 radical (unpaired) electrons. The quantitative estimate of drug-likeness (QED) is 0.857. The molecule has 0 saturated heterocycles. The molecular formula is C12H18BrN. The van der Waals surface area contributed by atoms with E-state index < -0.39 is 0 Å². The van der Waals surface area contributed by atoms with E-state index in [2.05, 4.69) is 41.1 Å². The Morgan fingerprint density at radius 3 is 2.64 bits per heavy atom. The average Bonchev–Trinajstić information content (AvgIpc) is 2.17. The summed E-state index contributed by atoms with van der Waals surface area (Å²) >= 11 is 3.54. The molecule has 0 aliphatic rings. The van der Waals surface area contributed by atoms with E-state index in [0.29, 0.717) is 6.04 Å². The van der Waals surface area contributed by atoms with E-state index in [4.69, 9.17) is 5.73 Å². The lowest BCUT2D eigenvalue weighted by Crippen LogP contribution is -2.20. The van der Waals surface area contributed by atoms with Gasteiger partial charge in [-0.3, -0.25) is 0 Å². The fraction of sp³-hybridized carbons (Fsp3) is 0.500. The van der Waals surface area contributed by atoms with Crippen molar-refractivity contribution in [3.8, 4) is 0 Å². The molecule has 0 amide bonds. The highest BCUT2D eigenvalue weighted by molar-refractivity contribution is 9.10. The van der Waals surface area contributed by atoms with Crippen molar-refractivity contribution < 1.29 is 0 Å². The third kappa shape index (κ3) is 3.81. The summed E-state index contributed by atoms with van der Waals surface area (Å²) in [6.07, 6.45) is 4.46. The zero-order chi connectivity index (χ0) is 10.4. The molecule has 2 heteroatoms. The fourth-order valence-corrected chi connectivity index (χ4v) is 2.04. The Morgan fingerprint density at radius 2 is 2.00 bits per heavy atom. The van der Waals surface area contributed by atoms with Gasteiger partial charge in [0.1, 0.15) is 0 Å². The molecule has 2 N–H and O–H groups in total. The monoisotopic (exact) mass is 255 g/mol. The van der Waals surface area contributed by atoms with Crippen LogP contribution in [0.2, 0.25) is 0 Å². The highest BCUT2D eigenvalue weighted by atomic mass is 79.9. The maximum absolute atomic E-state index is 5.97. The van der Waals surface area contributed by atoms with Crippen molar-refractivity contribution in [3.05, 3.63) is 34.3 Å². The smallest absolute Gasteiger partial charge is 0.0207 e. The maximum atomic E-state index is 5.97. The first-order valence-corrected chi connectivity index (χ1v) is 6.02. The lowest BCUT2D eigenvalue weighted by atomic mass is 10.0. The molecule has 1 rings (SSSR count). The number of benzene rings is 1. The van der Waals surface area contributed by atoms with E-state index in [9.17, 15) is 0 Å². The van der Waals surface area contributed by atoms with Crippen LogP contribution in [0.15, 0.2) is 28.7 Å². The zero-order valence-electron chi connectivity index (χ0n) is 8.67. The predicted octanol–water partition coefficient (Wildman–Crippen LogP) is 3.51. The van der Waals surface area contributed by atoms with E-state index in [1.54, 1.807) is 0 Å². The van der Waals surface area contributed by atoms with Gasteiger partial charge >= 0.3 is 0 Å². The minimum Gasteiger partial charge on any atom is -0.328 e. The highest BCUT2D eigenvalue weighted by Crippen LogP contribution is 2.18. The molecule has 1 nitrogen and oxygen atoms in total. The van der Waals surface area contributed by atoms with Gasteiger partial charge in [-0.15, -0.1) is 0 Å². The van der Waals surface area contributed by atoms with Crippen LogP contribution in [-0.2, 0) is 6.42 Å². The first kappa shape index (κ1) is 11.7. The molecule has 0 aromatic heterocycles. The number of hydrogen-bond acceptors (Lipinski definition) is 1. The Bertz CT molecular complexity index is 273. The van der Waals surface area contributed by atoms with Gasteiger partial charge in [0.15, 0.2) is 0 Å². The summed E-state index contributed by atoms with van der Waals surface area (Å²) in [7, 11) is 0. The number of aryl methyl sites for hydroxylation is 1. The van der Waals surface area contributed by atoms with Gasteiger partial charge in [-0.1, -0.05) is 47.5 Å². The normalized spacial score (nSPS) is 12.8. The van der Waals surface area contributed by atoms with E-state index >= 15 is 0 Å². The molecule has 0 fully saturated rings. The highest BCUT2D eigenvalue weighted by Gasteiger charge is 2.03.